The van der Waals surface area contributed by atoms with E-state index in [-0.39, 0.29) is 22.9 Å². The zero-order valence-corrected chi connectivity index (χ0v) is 19.0. The minimum atomic E-state index is -3.97. The lowest BCUT2D eigenvalue weighted by molar-refractivity contribution is -0.122. The highest BCUT2D eigenvalue weighted by Crippen LogP contribution is 2.39. The monoisotopic (exact) mass is 472 g/mol. The van der Waals surface area contributed by atoms with Crippen molar-refractivity contribution in [2.24, 2.45) is 0 Å². The maximum atomic E-state index is 13.5. The van der Waals surface area contributed by atoms with Crippen LogP contribution in [0.4, 0.5) is 11.4 Å². The van der Waals surface area contributed by atoms with Crippen LogP contribution in [0.1, 0.15) is 5.56 Å². The molecule has 0 spiro atoms. The van der Waals surface area contributed by atoms with Gasteiger partial charge in [0.05, 0.1) is 29.9 Å². The molecule has 0 saturated carbocycles. The van der Waals surface area contributed by atoms with E-state index in [4.69, 9.17) is 21.1 Å². The van der Waals surface area contributed by atoms with Gasteiger partial charge in [-0.15, -0.1) is 0 Å². The van der Waals surface area contributed by atoms with Gasteiger partial charge in [-0.3, -0.25) is 9.10 Å². The number of halogens is 1. The average molecular weight is 473 g/mol. The summed E-state index contributed by atoms with van der Waals surface area (Å²) in [4.78, 5) is 13.1. The van der Waals surface area contributed by atoms with Crippen molar-refractivity contribution in [1.29, 1.82) is 0 Å². The molecule has 3 aromatic carbocycles. The van der Waals surface area contributed by atoms with Gasteiger partial charge >= 0.3 is 0 Å². The van der Waals surface area contributed by atoms with Gasteiger partial charge in [-0.25, -0.2) is 8.42 Å². The highest BCUT2D eigenvalue weighted by atomic mass is 35.5. The molecule has 0 fully saturated rings. The molecule has 0 bridgehead atoms. The van der Waals surface area contributed by atoms with Crippen LogP contribution in [0.15, 0.2) is 71.6 Å². The minimum Gasteiger partial charge on any atom is -0.495 e. The molecule has 166 valence electrons. The first-order chi connectivity index (χ1) is 15.3. The van der Waals surface area contributed by atoms with E-state index in [1.165, 1.54) is 25.3 Å². The molecule has 1 aliphatic heterocycles. The van der Waals surface area contributed by atoms with Gasteiger partial charge in [0.2, 0.25) is 0 Å². The second-order valence-electron chi connectivity index (χ2n) is 7.26. The predicted octanol–water partition coefficient (Wildman–Crippen LogP) is 4.25. The third-order valence-electron chi connectivity index (χ3n) is 5.06. The van der Waals surface area contributed by atoms with Crippen LogP contribution in [-0.2, 0) is 14.8 Å². The van der Waals surface area contributed by atoms with Crippen LogP contribution in [0.3, 0.4) is 0 Å². The molecule has 9 heteroatoms. The standard InChI is InChI=1S/C23H21ClN2O5S/c1-15-7-10-17(11-8-15)32(28,29)26-14-22(31-21-12-9-16(24)13-19(21)26)23(27)25-18-5-3-4-6-20(18)30-2/h3-13,22H,14H2,1-2H3,(H,25,27)/t22-/m0/s1. The number of rotatable bonds is 5. The molecular weight excluding hydrogens is 452 g/mol. The number of para-hydroxylation sites is 2. The summed E-state index contributed by atoms with van der Waals surface area (Å²) in [6.45, 7) is 1.66. The van der Waals surface area contributed by atoms with Gasteiger partial charge in [0, 0.05) is 5.02 Å². The molecule has 1 atom stereocenters. The lowest BCUT2D eigenvalue weighted by Gasteiger charge is -2.35. The quantitative estimate of drug-likeness (QED) is 0.600. The summed E-state index contributed by atoms with van der Waals surface area (Å²) in [6, 6.07) is 18.1. The second-order valence-corrected chi connectivity index (χ2v) is 9.56. The maximum absolute atomic E-state index is 13.5. The molecule has 1 N–H and O–H groups in total. The molecule has 7 nitrogen and oxygen atoms in total. The lowest BCUT2D eigenvalue weighted by Crippen LogP contribution is -2.48. The SMILES string of the molecule is COc1ccccc1NC(=O)[C@@H]1CN(S(=O)(=O)c2ccc(C)cc2)c2cc(Cl)ccc2O1. The summed E-state index contributed by atoms with van der Waals surface area (Å²) in [5.41, 5.74) is 1.67. The van der Waals surface area contributed by atoms with E-state index in [2.05, 4.69) is 5.32 Å². The predicted molar refractivity (Wildman–Crippen MR) is 123 cm³/mol. The average Bonchev–Trinajstić information content (AvgIpc) is 2.79. The lowest BCUT2D eigenvalue weighted by atomic mass is 10.2. The second kappa shape index (κ2) is 8.72. The van der Waals surface area contributed by atoms with E-state index in [9.17, 15) is 13.2 Å². The molecule has 4 rings (SSSR count). The number of anilines is 2. The Morgan fingerprint density at radius 1 is 1.12 bits per heavy atom. The summed E-state index contributed by atoms with van der Waals surface area (Å²) >= 11 is 6.13. The summed E-state index contributed by atoms with van der Waals surface area (Å²) in [5, 5.41) is 3.11. The van der Waals surface area contributed by atoms with Crippen molar-refractivity contribution in [3.8, 4) is 11.5 Å². The summed E-state index contributed by atoms with van der Waals surface area (Å²) in [5.74, 6) is 0.226. The number of nitrogens with zero attached hydrogens (tertiary/aromatic N) is 1. The van der Waals surface area contributed by atoms with Gasteiger partial charge in [-0.1, -0.05) is 41.4 Å². The van der Waals surface area contributed by atoms with E-state index in [0.717, 1.165) is 9.87 Å². The fourth-order valence-electron chi connectivity index (χ4n) is 3.39. The molecule has 3 aromatic rings. The first-order valence-corrected chi connectivity index (χ1v) is 11.6. The number of hydrogen-bond acceptors (Lipinski definition) is 5. The van der Waals surface area contributed by atoms with Crippen LogP contribution in [-0.4, -0.2) is 34.1 Å². The minimum absolute atomic E-state index is 0.111. The van der Waals surface area contributed by atoms with E-state index in [1.54, 1.807) is 48.5 Å². The number of fused-ring (bicyclic) bond motifs is 1. The Morgan fingerprint density at radius 2 is 1.84 bits per heavy atom. The summed E-state index contributed by atoms with van der Waals surface area (Å²) in [7, 11) is -2.47. The molecule has 32 heavy (non-hydrogen) atoms. The van der Waals surface area contributed by atoms with Crippen LogP contribution in [0.5, 0.6) is 11.5 Å². The normalized spacial score (nSPS) is 15.5. The maximum Gasteiger partial charge on any atom is 0.267 e. The fourth-order valence-corrected chi connectivity index (χ4v) is 5.02. The third kappa shape index (κ3) is 4.24. The Labute approximate surface area is 191 Å². The molecule has 1 aliphatic rings. The van der Waals surface area contributed by atoms with E-state index >= 15 is 0 Å². The molecule has 0 saturated heterocycles. The number of aryl methyl sites for hydroxylation is 1. The Hall–Kier alpha value is -3.23. The van der Waals surface area contributed by atoms with Crippen LogP contribution in [0.2, 0.25) is 5.02 Å². The topological polar surface area (TPSA) is 84.9 Å². The van der Waals surface area contributed by atoms with Gasteiger partial charge in [-0.05, 0) is 49.4 Å². The van der Waals surface area contributed by atoms with Gasteiger partial charge in [0.1, 0.15) is 11.5 Å². The number of methoxy groups -OCH3 is 1. The van der Waals surface area contributed by atoms with Crippen molar-refractivity contribution in [3.05, 3.63) is 77.3 Å². The molecule has 0 aliphatic carbocycles. The molecule has 0 unspecified atom stereocenters. The first kappa shape index (κ1) is 22.0. The Kier molecular flexibility index (Phi) is 5.99. The fraction of sp³-hybridized carbons (Fsp3) is 0.174. The Bertz CT molecular complexity index is 1260. The molecule has 0 radical (unpaired) electrons. The van der Waals surface area contributed by atoms with Gasteiger partial charge < -0.3 is 14.8 Å². The van der Waals surface area contributed by atoms with E-state index in [1.807, 2.05) is 6.92 Å². The summed E-state index contributed by atoms with van der Waals surface area (Å²) in [6.07, 6.45) is -1.09. The molecule has 1 heterocycles. The molecule has 1 amide bonds. The number of carbonyl (C=O) groups is 1. The molecular formula is C23H21ClN2O5S. The number of amides is 1. The number of sulfonamides is 1. The van der Waals surface area contributed by atoms with Crippen molar-refractivity contribution < 1.29 is 22.7 Å². The largest absolute Gasteiger partial charge is 0.495 e. The van der Waals surface area contributed by atoms with Crippen molar-refractivity contribution >= 4 is 38.9 Å². The number of nitrogens with one attached hydrogen (secondary N) is 1. The first-order valence-electron chi connectivity index (χ1n) is 9.79. The van der Waals surface area contributed by atoms with E-state index < -0.39 is 22.0 Å². The Balaban J connectivity index is 1.70. The van der Waals surface area contributed by atoms with Gasteiger partial charge in [0.25, 0.3) is 15.9 Å². The van der Waals surface area contributed by atoms with Crippen LogP contribution in [0.25, 0.3) is 0 Å². The van der Waals surface area contributed by atoms with Gasteiger partial charge in [-0.2, -0.15) is 0 Å². The number of benzene rings is 3. The van der Waals surface area contributed by atoms with Crippen molar-refractivity contribution in [2.75, 3.05) is 23.3 Å². The van der Waals surface area contributed by atoms with Crippen molar-refractivity contribution in [1.82, 2.24) is 0 Å². The van der Waals surface area contributed by atoms with Gasteiger partial charge in [0.15, 0.2) is 6.10 Å². The smallest absolute Gasteiger partial charge is 0.267 e. The van der Waals surface area contributed by atoms with Crippen LogP contribution < -0.4 is 19.1 Å². The third-order valence-corrected chi connectivity index (χ3v) is 7.09. The molecule has 0 aromatic heterocycles. The Morgan fingerprint density at radius 3 is 2.56 bits per heavy atom. The highest BCUT2D eigenvalue weighted by molar-refractivity contribution is 7.92. The zero-order valence-electron chi connectivity index (χ0n) is 17.4. The van der Waals surface area contributed by atoms with Crippen LogP contribution >= 0.6 is 11.6 Å². The zero-order chi connectivity index (χ0) is 22.9. The van der Waals surface area contributed by atoms with Crippen molar-refractivity contribution in [3.63, 3.8) is 0 Å². The van der Waals surface area contributed by atoms with Crippen molar-refractivity contribution in [2.45, 2.75) is 17.9 Å². The highest BCUT2D eigenvalue weighted by Gasteiger charge is 2.38. The number of hydrogen-bond donors (Lipinski definition) is 1. The number of carbonyl (C=O) groups excluding carboxylic acids is 1. The number of ether oxygens (including phenoxy) is 2. The van der Waals surface area contributed by atoms with E-state index in [0.29, 0.717) is 16.5 Å². The van der Waals surface area contributed by atoms with Crippen LogP contribution in [0, 0.1) is 6.92 Å². The summed E-state index contributed by atoms with van der Waals surface area (Å²) < 4.78 is 39.2.